The number of piperidine rings is 1. The van der Waals surface area contributed by atoms with Gasteiger partial charge in [0.1, 0.15) is 6.17 Å². The van der Waals surface area contributed by atoms with Gasteiger partial charge in [-0.05, 0) is 25.9 Å². The van der Waals surface area contributed by atoms with Gasteiger partial charge in [-0.1, -0.05) is 0 Å². The van der Waals surface area contributed by atoms with E-state index in [0.29, 0.717) is 12.8 Å². The van der Waals surface area contributed by atoms with Crippen LogP contribution in [0.3, 0.4) is 0 Å². The van der Waals surface area contributed by atoms with Gasteiger partial charge >= 0.3 is 21.1 Å². The van der Waals surface area contributed by atoms with Gasteiger partial charge in [0.15, 0.2) is 0 Å². The van der Waals surface area contributed by atoms with Crippen LogP contribution in [-0.2, 0) is 21.1 Å². The maximum atomic E-state index is 12.4. The van der Waals surface area contributed by atoms with Crippen molar-refractivity contribution in [3.8, 4) is 0 Å². The zero-order chi connectivity index (χ0) is 10.3. The summed E-state index contributed by atoms with van der Waals surface area (Å²) in [6.45, 7) is 12.6. The second-order valence-electron chi connectivity index (χ2n) is 4.02. The minimum absolute atomic E-state index is 0. The quantitative estimate of drug-likeness (QED) is 0.641. The predicted octanol–water partition coefficient (Wildman–Crippen LogP) is 2.87. The van der Waals surface area contributed by atoms with Crippen LogP contribution in [0.1, 0.15) is 33.6 Å². The minimum atomic E-state index is -0.548. The molecule has 0 aromatic rings. The molecule has 0 aromatic carbocycles. The molecule has 0 amide bonds. The Bertz CT molecular complexity index is 109. The molecule has 1 rings (SSSR count). The maximum Gasteiger partial charge on any atom is 2.00 e. The minimum Gasteiger partial charge on any atom is -0.333 e. The van der Waals surface area contributed by atoms with Crippen molar-refractivity contribution in [2.45, 2.75) is 39.8 Å². The zero-order valence-electron chi connectivity index (χ0n) is 9.55. The number of hydrogen-bond acceptors (Lipinski definition) is 1. The Morgan fingerprint density at radius 1 is 1.29 bits per heavy atom. The van der Waals surface area contributed by atoms with Gasteiger partial charge in [-0.3, -0.25) is 0 Å². The molecule has 0 aromatic heterocycles. The second-order valence-corrected chi connectivity index (χ2v) is 4.02. The molecule has 0 spiro atoms. The second kappa shape index (κ2) is 10.1. The van der Waals surface area contributed by atoms with E-state index in [0.717, 1.165) is 19.6 Å². The van der Waals surface area contributed by atoms with Crippen LogP contribution < -0.4 is 0 Å². The summed E-state index contributed by atoms with van der Waals surface area (Å²) < 4.78 is 12.4. The van der Waals surface area contributed by atoms with Gasteiger partial charge in [0, 0.05) is 0 Å². The van der Waals surface area contributed by atoms with Crippen molar-refractivity contribution in [2.75, 3.05) is 19.6 Å². The number of alkyl halides is 1. The Balaban J connectivity index is 0. The largest absolute Gasteiger partial charge is 2.00 e. The van der Waals surface area contributed by atoms with Crippen molar-refractivity contribution in [3.63, 3.8) is 0 Å². The Kier molecular flexibility index (Phi) is 12.3. The molecule has 0 radical (unpaired) electrons. The summed E-state index contributed by atoms with van der Waals surface area (Å²) in [7, 11) is 0. The average Bonchev–Trinajstić information content (AvgIpc) is 2.05. The molecule has 1 nitrogen and oxygen atoms in total. The standard InChI is InChI=1S/C7H13FN.C4H9.W/c1-2-9-5-3-7(8)4-6-9;1-4(2)3;/h7H,1-6H2;1-3H3;/q2*-1;+2. The third-order valence-corrected chi connectivity index (χ3v) is 1.83. The van der Waals surface area contributed by atoms with Crippen LogP contribution in [0.15, 0.2) is 0 Å². The van der Waals surface area contributed by atoms with Gasteiger partial charge in [0.2, 0.25) is 0 Å². The van der Waals surface area contributed by atoms with Crippen LogP contribution in [0, 0.1) is 12.8 Å². The van der Waals surface area contributed by atoms with Crippen LogP contribution in [0.2, 0.25) is 0 Å². The van der Waals surface area contributed by atoms with Crippen molar-refractivity contribution in [3.05, 3.63) is 12.8 Å². The van der Waals surface area contributed by atoms with E-state index in [9.17, 15) is 4.39 Å². The maximum absolute atomic E-state index is 12.4. The molecule has 0 aliphatic carbocycles. The van der Waals surface area contributed by atoms with Crippen LogP contribution in [0.4, 0.5) is 4.39 Å². The molecule has 1 aliphatic heterocycles. The topological polar surface area (TPSA) is 3.24 Å². The first-order chi connectivity index (χ1) is 6.06. The monoisotopic (exact) mass is 371 g/mol. The van der Waals surface area contributed by atoms with Gasteiger partial charge in [0.05, 0.1) is 0 Å². The number of rotatable bonds is 1. The fourth-order valence-corrected chi connectivity index (χ4v) is 1.13. The Morgan fingerprint density at radius 2 is 1.64 bits per heavy atom. The van der Waals surface area contributed by atoms with Gasteiger partial charge in [-0.2, -0.15) is 20.8 Å². The van der Waals surface area contributed by atoms with E-state index in [2.05, 4.69) is 32.6 Å². The van der Waals surface area contributed by atoms with Crippen molar-refractivity contribution < 1.29 is 25.5 Å². The molecule has 14 heavy (non-hydrogen) atoms. The summed E-state index contributed by atoms with van der Waals surface area (Å²) in [4.78, 5) is 2.18. The Labute approximate surface area is 103 Å². The molecule has 0 unspecified atom stereocenters. The van der Waals surface area contributed by atoms with E-state index in [1.807, 2.05) is 0 Å². The normalized spacial score (nSPS) is 18.4. The number of likely N-dealkylation sites (tertiary alicyclic amines) is 1. The summed E-state index contributed by atoms with van der Waals surface area (Å²) in [5, 5.41) is 0. The molecule has 1 fully saturated rings. The Morgan fingerprint density at radius 3 is 1.93 bits per heavy atom. The summed E-state index contributed by atoms with van der Waals surface area (Å²) in [6, 6.07) is 0. The zero-order valence-corrected chi connectivity index (χ0v) is 12.5. The van der Waals surface area contributed by atoms with E-state index in [-0.39, 0.29) is 21.1 Å². The van der Waals surface area contributed by atoms with Crippen molar-refractivity contribution >= 4 is 0 Å². The molecule has 0 saturated carbocycles. The fraction of sp³-hybridized carbons (Fsp3) is 0.818. The molecule has 1 heterocycles. The summed E-state index contributed by atoms with van der Waals surface area (Å²) >= 11 is 0. The third kappa shape index (κ3) is 10.7. The van der Waals surface area contributed by atoms with Crippen LogP contribution >= 0.6 is 0 Å². The molecule has 0 N–H and O–H groups in total. The fourth-order valence-electron chi connectivity index (χ4n) is 1.13. The first-order valence-electron chi connectivity index (χ1n) is 4.98. The van der Waals surface area contributed by atoms with Crippen LogP contribution in [0.25, 0.3) is 0 Å². The molecule has 1 aliphatic rings. The molecule has 84 valence electrons. The van der Waals surface area contributed by atoms with E-state index >= 15 is 0 Å². The van der Waals surface area contributed by atoms with Gasteiger partial charge < -0.3 is 17.7 Å². The van der Waals surface area contributed by atoms with Crippen molar-refractivity contribution in [2.24, 2.45) is 0 Å². The molecular weight excluding hydrogens is 349 g/mol. The van der Waals surface area contributed by atoms with E-state index in [1.165, 1.54) is 5.92 Å². The van der Waals surface area contributed by atoms with Crippen molar-refractivity contribution in [1.82, 2.24) is 4.90 Å². The molecule has 3 heteroatoms. The first kappa shape index (κ1) is 17.0. The van der Waals surface area contributed by atoms with E-state index in [1.54, 1.807) is 0 Å². The number of nitrogens with zero attached hydrogens (tertiary/aromatic N) is 1. The first-order valence-corrected chi connectivity index (χ1v) is 4.98. The average molecular weight is 371 g/mol. The Hall–Kier alpha value is 0.578. The van der Waals surface area contributed by atoms with E-state index < -0.39 is 6.17 Å². The van der Waals surface area contributed by atoms with Gasteiger partial charge in [-0.15, -0.1) is 6.54 Å². The number of hydrogen-bond donors (Lipinski definition) is 0. The third-order valence-electron chi connectivity index (χ3n) is 1.83. The van der Waals surface area contributed by atoms with Gasteiger partial charge in [-0.25, -0.2) is 4.39 Å². The van der Waals surface area contributed by atoms with Gasteiger partial charge in [0.25, 0.3) is 0 Å². The number of halogens is 1. The summed E-state index contributed by atoms with van der Waals surface area (Å²) in [6.07, 6.45) is 0.859. The van der Waals surface area contributed by atoms with Crippen molar-refractivity contribution in [1.29, 1.82) is 0 Å². The molecule has 0 bridgehead atoms. The van der Waals surface area contributed by atoms with E-state index in [4.69, 9.17) is 0 Å². The molecule has 0 atom stereocenters. The molecular formula is C11H22FNW. The summed E-state index contributed by atoms with van der Waals surface area (Å²) in [5.74, 6) is 1.42. The predicted molar refractivity (Wildman–Crippen MR) is 56.2 cm³/mol. The SMILES string of the molecule is C[C-](C)C.[CH2-]CN1CCC(F)CC1.[W+2]. The summed E-state index contributed by atoms with van der Waals surface area (Å²) in [5.41, 5.74) is 0. The smallest absolute Gasteiger partial charge is 0.333 e. The van der Waals surface area contributed by atoms with Crippen LogP contribution in [0.5, 0.6) is 0 Å². The van der Waals surface area contributed by atoms with Crippen LogP contribution in [-0.4, -0.2) is 30.7 Å². The molecule has 1 saturated heterocycles.